The van der Waals surface area contributed by atoms with Crippen LogP contribution in [0.1, 0.15) is 142 Å². The number of nitrogens with zero attached hydrogens (tertiary/aromatic N) is 1. The van der Waals surface area contributed by atoms with Gasteiger partial charge in [-0.1, -0.05) is 133 Å². The molecule has 0 heterocycles. The van der Waals surface area contributed by atoms with Gasteiger partial charge in [0.15, 0.2) is 0 Å². The zero-order valence-corrected chi connectivity index (χ0v) is 32.4. The normalized spacial score (nSPS) is 15.2. The Kier molecular flexibility index (Phi) is 30.4. The Hall–Kier alpha value is -1.54. The van der Waals surface area contributed by atoms with E-state index < -0.39 is 20.0 Å². The van der Waals surface area contributed by atoms with E-state index in [0.717, 1.165) is 77.0 Å². The largest absolute Gasteiger partial charge is 0.472 e. The fraction of sp³-hybridized carbons (Fsp3) is 0.769. The highest BCUT2D eigenvalue weighted by atomic mass is 31.2. The molecule has 0 aromatic carbocycles. The molecule has 0 bridgehead atoms. The lowest BCUT2D eigenvalue weighted by Gasteiger charge is -2.26. The molecular weight excluding hydrogens is 623 g/mol. The number of phosphoric ester groups is 1. The van der Waals surface area contributed by atoms with Gasteiger partial charge in [-0.05, 0) is 51.4 Å². The summed E-state index contributed by atoms with van der Waals surface area (Å²) in [4.78, 5) is 22.9. The quantitative estimate of drug-likeness (QED) is 0.0273. The molecule has 0 rings (SSSR count). The Bertz CT molecular complexity index is 928. The number of hydrogen-bond donors (Lipinski definition) is 3. The van der Waals surface area contributed by atoms with Crippen molar-refractivity contribution in [2.45, 2.75) is 154 Å². The van der Waals surface area contributed by atoms with Gasteiger partial charge in [-0.2, -0.15) is 0 Å². The Morgan fingerprint density at radius 1 is 0.729 bits per heavy atom. The molecule has 8 nitrogen and oxygen atoms in total. The molecule has 0 saturated carbocycles. The minimum atomic E-state index is -4.30. The van der Waals surface area contributed by atoms with Gasteiger partial charge >= 0.3 is 7.82 Å². The van der Waals surface area contributed by atoms with Crippen LogP contribution in [0.2, 0.25) is 0 Å². The first-order valence-corrected chi connectivity index (χ1v) is 20.5. The summed E-state index contributed by atoms with van der Waals surface area (Å²) in [6, 6.07) is -0.765. The number of quaternary nitrogens is 1. The summed E-state index contributed by atoms with van der Waals surface area (Å²) >= 11 is 0. The number of unbranched alkanes of at least 4 members (excludes halogenated alkanes) is 12. The van der Waals surface area contributed by atoms with Crippen molar-refractivity contribution in [1.29, 1.82) is 0 Å². The van der Waals surface area contributed by atoms with Crippen LogP contribution in [0.3, 0.4) is 0 Å². The number of carbonyl (C=O) groups excluding carboxylic acids is 1. The van der Waals surface area contributed by atoms with E-state index >= 15 is 0 Å². The van der Waals surface area contributed by atoms with E-state index in [1.165, 1.54) is 38.5 Å². The molecule has 280 valence electrons. The molecule has 48 heavy (non-hydrogen) atoms. The minimum absolute atomic E-state index is 0.0688. The first-order valence-electron chi connectivity index (χ1n) is 19.0. The molecule has 3 atom stereocenters. The van der Waals surface area contributed by atoms with E-state index in [-0.39, 0.29) is 19.1 Å². The standard InChI is InChI=1S/C39H73N2O6P/c1-6-8-10-12-14-15-16-17-18-19-20-21-22-23-24-25-27-29-31-33-39(43)40-37(38(42)32-30-28-26-13-11-9-7-2)36-47-48(44,45)46-35-34-41(3,4)5/h8,10,14-15,17-18,20-21,37-38,42H,6-7,9,11-13,16,19,22-36H2,1-5H3,(H-,40,43,44,45)/p+1/b10-8-,15-14-,18-17-,21-20-. The van der Waals surface area contributed by atoms with Crippen LogP contribution in [0, 0.1) is 0 Å². The lowest BCUT2D eigenvalue weighted by molar-refractivity contribution is -0.870. The molecule has 0 aliphatic heterocycles. The van der Waals surface area contributed by atoms with Gasteiger partial charge in [-0.15, -0.1) is 0 Å². The molecule has 0 saturated heterocycles. The average molecular weight is 698 g/mol. The van der Waals surface area contributed by atoms with E-state index in [1.807, 2.05) is 21.1 Å². The Balaban J connectivity index is 4.35. The monoisotopic (exact) mass is 698 g/mol. The highest BCUT2D eigenvalue weighted by Gasteiger charge is 2.28. The SMILES string of the molecule is CC/C=C\C/C=C\C/C=C\C/C=C\CCCCCCCCC(=O)NC(COP(=O)(O)OCC[N+](C)(C)C)C(O)CCCCCCCCC. The molecule has 0 aliphatic rings. The second-order valence-electron chi connectivity index (χ2n) is 13.9. The molecular formula is C39H74N2O6P+. The molecule has 1 amide bonds. The number of aliphatic hydroxyl groups is 1. The molecule has 9 heteroatoms. The summed E-state index contributed by atoms with van der Waals surface area (Å²) in [7, 11) is 1.59. The van der Waals surface area contributed by atoms with Crippen LogP contribution in [0.15, 0.2) is 48.6 Å². The van der Waals surface area contributed by atoms with Crippen molar-refractivity contribution in [3.05, 3.63) is 48.6 Å². The van der Waals surface area contributed by atoms with Crippen molar-refractivity contribution in [2.24, 2.45) is 0 Å². The Morgan fingerprint density at radius 2 is 1.25 bits per heavy atom. The van der Waals surface area contributed by atoms with Gasteiger partial charge in [-0.3, -0.25) is 13.8 Å². The van der Waals surface area contributed by atoms with E-state index in [4.69, 9.17) is 9.05 Å². The van der Waals surface area contributed by atoms with Crippen molar-refractivity contribution in [3.63, 3.8) is 0 Å². The van der Waals surface area contributed by atoms with Crippen LogP contribution in [0.4, 0.5) is 0 Å². The third-order valence-electron chi connectivity index (χ3n) is 8.09. The topological polar surface area (TPSA) is 105 Å². The number of carbonyl (C=O) groups is 1. The number of allylic oxidation sites excluding steroid dienone is 8. The predicted octanol–water partition coefficient (Wildman–Crippen LogP) is 9.74. The number of nitrogens with one attached hydrogen (secondary N) is 1. The fourth-order valence-corrected chi connectivity index (χ4v) is 5.77. The highest BCUT2D eigenvalue weighted by Crippen LogP contribution is 2.43. The molecule has 0 spiro atoms. The van der Waals surface area contributed by atoms with Gasteiger partial charge in [0, 0.05) is 6.42 Å². The third kappa shape index (κ3) is 33.0. The Labute approximate surface area is 295 Å². The summed E-state index contributed by atoms with van der Waals surface area (Å²) in [6.45, 7) is 4.68. The van der Waals surface area contributed by atoms with Crippen molar-refractivity contribution in [2.75, 3.05) is 40.9 Å². The first kappa shape index (κ1) is 46.5. The molecule has 0 radical (unpaired) electrons. The number of rotatable bonds is 33. The van der Waals surface area contributed by atoms with Crippen LogP contribution < -0.4 is 5.32 Å². The van der Waals surface area contributed by atoms with Crippen LogP contribution in [0.25, 0.3) is 0 Å². The van der Waals surface area contributed by atoms with E-state index in [0.29, 0.717) is 23.9 Å². The summed E-state index contributed by atoms with van der Waals surface area (Å²) < 4.78 is 23.4. The highest BCUT2D eigenvalue weighted by molar-refractivity contribution is 7.47. The zero-order valence-electron chi connectivity index (χ0n) is 31.5. The summed E-state index contributed by atoms with van der Waals surface area (Å²) in [6.07, 6.45) is 37.2. The summed E-state index contributed by atoms with van der Waals surface area (Å²) in [5, 5.41) is 13.8. The molecule has 0 aliphatic carbocycles. The maximum Gasteiger partial charge on any atom is 0.472 e. The van der Waals surface area contributed by atoms with Crippen LogP contribution in [-0.4, -0.2) is 73.4 Å². The van der Waals surface area contributed by atoms with Gasteiger partial charge in [0.1, 0.15) is 13.2 Å². The van der Waals surface area contributed by atoms with Crippen molar-refractivity contribution >= 4 is 13.7 Å². The van der Waals surface area contributed by atoms with Gasteiger partial charge in [0.2, 0.25) is 5.91 Å². The number of amides is 1. The molecule has 3 unspecified atom stereocenters. The molecule has 3 N–H and O–H groups in total. The number of likely N-dealkylation sites (N-methyl/N-ethyl adjacent to an activating group) is 1. The maximum atomic E-state index is 12.8. The van der Waals surface area contributed by atoms with E-state index in [1.54, 1.807) is 0 Å². The van der Waals surface area contributed by atoms with Crippen LogP contribution in [-0.2, 0) is 18.4 Å². The van der Waals surface area contributed by atoms with Gasteiger partial charge in [-0.25, -0.2) is 4.57 Å². The number of phosphoric acid groups is 1. The van der Waals surface area contributed by atoms with Gasteiger partial charge < -0.3 is 19.8 Å². The van der Waals surface area contributed by atoms with Gasteiger partial charge in [0.05, 0.1) is 39.9 Å². The van der Waals surface area contributed by atoms with Crippen molar-refractivity contribution < 1.29 is 32.9 Å². The van der Waals surface area contributed by atoms with Crippen molar-refractivity contribution in [3.8, 4) is 0 Å². The number of aliphatic hydroxyl groups excluding tert-OH is 1. The maximum absolute atomic E-state index is 12.8. The average Bonchev–Trinajstić information content (AvgIpc) is 3.02. The lowest BCUT2D eigenvalue weighted by Crippen LogP contribution is -2.46. The van der Waals surface area contributed by atoms with Crippen LogP contribution >= 0.6 is 7.82 Å². The third-order valence-corrected chi connectivity index (χ3v) is 9.08. The fourth-order valence-electron chi connectivity index (χ4n) is 5.03. The molecule has 0 fully saturated rings. The predicted molar refractivity (Wildman–Crippen MR) is 203 cm³/mol. The lowest BCUT2D eigenvalue weighted by atomic mass is 10.0. The zero-order chi connectivity index (χ0) is 35.8. The Morgan fingerprint density at radius 3 is 1.83 bits per heavy atom. The van der Waals surface area contributed by atoms with E-state index in [2.05, 4.69) is 67.8 Å². The van der Waals surface area contributed by atoms with Gasteiger partial charge in [0.25, 0.3) is 0 Å². The van der Waals surface area contributed by atoms with E-state index in [9.17, 15) is 19.4 Å². The summed E-state index contributed by atoms with van der Waals surface area (Å²) in [5.74, 6) is -0.166. The second kappa shape index (κ2) is 31.4. The molecule has 0 aromatic heterocycles. The van der Waals surface area contributed by atoms with Crippen LogP contribution in [0.5, 0.6) is 0 Å². The van der Waals surface area contributed by atoms with Crippen molar-refractivity contribution in [1.82, 2.24) is 5.32 Å². The number of hydrogen-bond acceptors (Lipinski definition) is 5. The summed E-state index contributed by atoms with van der Waals surface area (Å²) in [5.41, 5.74) is 0. The second-order valence-corrected chi connectivity index (χ2v) is 15.4. The molecule has 0 aromatic rings. The minimum Gasteiger partial charge on any atom is -0.391 e. The first-order chi connectivity index (χ1) is 23.0. The smallest absolute Gasteiger partial charge is 0.391 e.